The molecule has 3 N–H and O–H groups in total. The first-order valence-corrected chi connectivity index (χ1v) is 11.7. The summed E-state index contributed by atoms with van der Waals surface area (Å²) in [5, 5.41) is 13.1. The minimum Gasteiger partial charge on any atom is -0.350 e. The molecule has 198 valence electrons. The van der Waals surface area contributed by atoms with Crippen molar-refractivity contribution < 1.29 is 22.4 Å². The number of amides is 2. The van der Waals surface area contributed by atoms with Gasteiger partial charge in [0.25, 0.3) is 0 Å². The molecule has 5 rings (SSSR count). The second kappa shape index (κ2) is 10.4. The normalized spacial score (nSPS) is 11.4. The van der Waals surface area contributed by atoms with Crippen LogP contribution in [0.2, 0.25) is 0 Å². The van der Waals surface area contributed by atoms with Crippen LogP contribution in [0.1, 0.15) is 11.1 Å². The Bertz CT molecular complexity index is 1630. The van der Waals surface area contributed by atoms with Crippen LogP contribution in [0.5, 0.6) is 0 Å². The summed E-state index contributed by atoms with van der Waals surface area (Å²) in [6, 6.07) is 17.4. The molecule has 12 heteroatoms. The van der Waals surface area contributed by atoms with Gasteiger partial charge >= 0.3 is 12.2 Å². The van der Waals surface area contributed by atoms with Gasteiger partial charge in [-0.3, -0.25) is 0 Å². The molecule has 0 atom stereocenters. The summed E-state index contributed by atoms with van der Waals surface area (Å²) in [5.74, 6) is -0.528. The molecular formula is C27H21F4N7O. The van der Waals surface area contributed by atoms with Gasteiger partial charge in [-0.15, -0.1) is 0 Å². The molecule has 0 spiro atoms. The van der Waals surface area contributed by atoms with Gasteiger partial charge in [-0.1, -0.05) is 42.5 Å². The number of halogens is 4. The fraction of sp³-hybridized carbons (Fsp3) is 0.111. The number of hydrogen-bond donors (Lipinski definition) is 3. The van der Waals surface area contributed by atoms with E-state index < -0.39 is 29.3 Å². The fourth-order valence-corrected chi connectivity index (χ4v) is 3.91. The lowest BCUT2D eigenvalue weighted by molar-refractivity contribution is -0.137. The predicted octanol–water partition coefficient (Wildman–Crippen LogP) is 6.44. The smallest absolute Gasteiger partial charge is 0.350 e. The number of anilines is 3. The number of alkyl halides is 3. The molecule has 3 aromatic carbocycles. The van der Waals surface area contributed by atoms with Crippen molar-refractivity contribution in [2.75, 3.05) is 16.0 Å². The number of aryl methyl sites for hydroxylation is 1. The van der Waals surface area contributed by atoms with Crippen LogP contribution in [0.4, 0.5) is 39.7 Å². The Balaban J connectivity index is 1.28. The van der Waals surface area contributed by atoms with Crippen LogP contribution in [0, 0.1) is 5.82 Å². The molecule has 2 heterocycles. The van der Waals surface area contributed by atoms with Crippen LogP contribution in [-0.2, 0) is 19.8 Å². The maximum atomic E-state index is 13.9. The number of fused-ring (bicyclic) bond motifs is 1. The standard InChI is InChI=1S/C27H21F4N7O/c1-38-24-20(15-33-25(36-24)32-14-16-5-3-2-4-6-16)23(37-38)17-7-10-19(11-8-17)34-26(39)35-22-13-18(27(29,30)31)9-12-21(22)28/h2-13,15H,14H2,1H3,(H,32,33,36)(H2,34,35,39). The molecule has 0 bridgehead atoms. The first-order chi connectivity index (χ1) is 18.7. The van der Waals surface area contributed by atoms with Gasteiger partial charge in [-0.25, -0.2) is 18.9 Å². The molecule has 0 unspecified atom stereocenters. The lowest BCUT2D eigenvalue weighted by Gasteiger charge is -2.12. The summed E-state index contributed by atoms with van der Waals surface area (Å²) in [4.78, 5) is 21.3. The molecule has 0 aliphatic carbocycles. The number of benzene rings is 3. The van der Waals surface area contributed by atoms with Crippen LogP contribution in [0.25, 0.3) is 22.3 Å². The summed E-state index contributed by atoms with van der Waals surface area (Å²) < 4.78 is 54.3. The lowest BCUT2D eigenvalue weighted by Crippen LogP contribution is -2.20. The number of hydrogen-bond acceptors (Lipinski definition) is 5. The maximum Gasteiger partial charge on any atom is 0.416 e. The Morgan fingerprint density at radius 1 is 0.974 bits per heavy atom. The molecule has 0 radical (unpaired) electrons. The predicted molar refractivity (Wildman–Crippen MR) is 140 cm³/mol. The summed E-state index contributed by atoms with van der Waals surface area (Å²) >= 11 is 0. The van der Waals surface area contributed by atoms with Crippen molar-refractivity contribution >= 4 is 34.4 Å². The number of carbonyl (C=O) groups excluding carboxylic acids is 1. The van der Waals surface area contributed by atoms with E-state index in [1.165, 1.54) is 0 Å². The Kier molecular flexibility index (Phi) is 6.84. The Hall–Kier alpha value is -5.00. The average molecular weight is 536 g/mol. The highest BCUT2D eigenvalue weighted by atomic mass is 19.4. The maximum absolute atomic E-state index is 13.9. The second-order valence-electron chi connectivity index (χ2n) is 8.59. The number of carbonyl (C=O) groups is 1. The third kappa shape index (κ3) is 5.79. The van der Waals surface area contributed by atoms with Crippen molar-refractivity contribution in [2.45, 2.75) is 12.7 Å². The molecule has 2 amide bonds. The van der Waals surface area contributed by atoms with Gasteiger partial charge in [0, 0.05) is 31.0 Å². The zero-order valence-electron chi connectivity index (χ0n) is 20.4. The monoisotopic (exact) mass is 535 g/mol. The fourth-order valence-electron chi connectivity index (χ4n) is 3.91. The average Bonchev–Trinajstić information content (AvgIpc) is 3.25. The molecule has 5 aromatic rings. The molecule has 0 aliphatic rings. The second-order valence-corrected chi connectivity index (χ2v) is 8.59. The largest absolute Gasteiger partial charge is 0.416 e. The highest BCUT2D eigenvalue weighted by Gasteiger charge is 2.31. The van der Waals surface area contributed by atoms with Gasteiger partial charge in [0.05, 0.1) is 16.6 Å². The number of nitrogens with zero attached hydrogens (tertiary/aromatic N) is 4. The highest BCUT2D eigenvalue weighted by Crippen LogP contribution is 2.32. The Morgan fingerprint density at radius 3 is 2.44 bits per heavy atom. The van der Waals surface area contributed by atoms with Gasteiger partial charge in [0.15, 0.2) is 5.65 Å². The van der Waals surface area contributed by atoms with E-state index in [0.29, 0.717) is 47.7 Å². The van der Waals surface area contributed by atoms with Crippen LogP contribution in [0.15, 0.2) is 79.0 Å². The number of urea groups is 1. The van der Waals surface area contributed by atoms with E-state index in [9.17, 15) is 22.4 Å². The summed E-state index contributed by atoms with van der Waals surface area (Å²) in [5.41, 5.74) is 1.75. The SMILES string of the molecule is Cn1nc(-c2ccc(NC(=O)Nc3cc(C(F)(F)F)ccc3F)cc2)c2cnc(NCc3ccccc3)nc21. The molecule has 0 fully saturated rings. The van der Waals surface area contributed by atoms with Gasteiger partial charge in [-0.05, 0) is 35.9 Å². The van der Waals surface area contributed by atoms with E-state index in [1.54, 1.807) is 42.2 Å². The van der Waals surface area contributed by atoms with Gasteiger partial charge < -0.3 is 16.0 Å². The van der Waals surface area contributed by atoms with E-state index in [4.69, 9.17) is 0 Å². The van der Waals surface area contributed by atoms with Crippen molar-refractivity contribution in [3.8, 4) is 11.3 Å². The molecule has 8 nitrogen and oxygen atoms in total. The van der Waals surface area contributed by atoms with Gasteiger partial charge in [0.1, 0.15) is 11.5 Å². The summed E-state index contributed by atoms with van der Waals surface area (Å²) in [7, 11) is 1.77. The highest BCUT2D eigenvalue weighted by molar-refractivity contribution is 6.00. The zero-order valence-corrected chi connectivity index (χ0v) is 20.4. The third-order valence-corrected chi connectivity index (χ3v) is 5.83. The first kappa shape index (κ1) is 25.6. The van der Waals surface area contributed by atoms with Crippen LogP contribution in [-0.4, -0.2) is 25.8 Å². The Morgan fingerprint density at radius 2 is 1.72 bits per heavy atom. The molecule has 2 aromatic heterocycles. The molecular weight excluding hydrogens is 514 g/mol. The van der Waals surface area contributed by atoms with E-state index in [1.807, 2.05) is 30.3 Å². The zero-order chi connectivity index (χ0) is 27.6. The minimum absolute atomic E-state index is 0.340. The van der Waals surface area contributed by atoms with Crippen molar-refractivity contribution in [3.05, 3.63) is 95.9 Å². The molecule has 0 saturated carbocycles. The van der Waals surface area contributed by atoms with Gasteiger partial charge in [0.2, 0.25) is 5.95 Å². The quantitative estimate of drug-likeness (QED) is 0.217. The van der Waals surface area contributed by atoms with Crippen molar-refractivity contribution in [3.63, 3.8) is 0 Å². The lowest BCUT2D eigenvalue weighted by atomic mass is 10.1. The van der Waals surface area contributed by atoms with Crippen LogP contribution in [0.3, 0.4) is 0 Å². The first-order valence-electron chi connectivity index (χ1n) is 11.7. The summed E-state index contributed by atoms with van der Waals surface area (Å²) in [6.45, 7) is 0.569. The molecule has 39 heavy (non-hydrogen) atoms. The number of nitrogens with one attached hydrogen (secondary N) is 3. The van der Waals surface area contributed by atoms with Crippen LogP contribution < -0.4 is 16.0 Å². The summed E-state index contributed by atoms with van der Waals surface area (Å²) in [6.07, 6.45) is -2.99. The van der Waals surface area contributed by atoms with Crippen LogP contribution >= 0.6 is 0 Å². The van der Waals surface area contributed by atoms with E-state index in [0.717, 1.165) is 16.5 Å². The molecule has 0 saturated heterocycles. The third-order valence-electron chi connectivity index (χ3n) is 5.83. The van der Waals surface area contributed by atoms with Crippen molar-refractivity contribution in [1.82, 2.24) is 19.7 Å². The van der Waals surface area contributed by atoms with E-state index in [-0.39, 0.29) is 0 Å². The molecule has 0 aliphatic heterocycles. The van der Waals surface area contributed by atoms with Gasteiger partial charge in [-0.2, -0.15) is 23.3 Å². The topological polar surface area (TPSA) is 96.8 Å². The van der Waals surface area contributed by atoms with Crippen molar-refractivity contribution in [2.24, 2.45) is 7.05 Å². The Labute approximate surface area is 219 Å². The number of rotatable bonds is 6. The number of aromatic nitrogens is 4. The minimum atomic E-state index is -4.67. The van der Waals surface area contributed by atoms with E-state index in [2.05, 4.69) is 31.0 Å². The van der Waals surface area contributed by atoms with Crippen molar-refractivity contribution in [1.29, 1.82) is 0 Å². The van der Waals surface area contributed by atoms with E-state index >= 15 is 0 Å².